The maximum atomic E-state index is 3.64. The fraction of sp³-hybridized carbons (Fsp3) is 1.00. The van der Waals surface area contributed by atoms with E-state index in [1.807, 2.05) is 0 Å². The summed E-state index contributed by atoms with van der Waals surface area (Å²) < 4.78 is 0. The SMILES string of the molecule is CC(C)C1CN(CC(C(C)C)C(C)C)CCN1. The zero-order valence-corrected chi connectivity index (χ0v) is 12.7. The van der Waals surface area contributed by atoms with E-state index in [-0.39, 0.29) is 0 Å². The van der Waals surface area contributed by atoms with Gasteiger partial charge in [0.2, 0.25) is 0 Å². The lowest BCUT2D eigenvalue weighted by Crippen LogP contribution is -2.54. The van der Waals surface area contributed by atoms with Gasteiger partial charge in [-0.2, -0.15) is 0 Å². The fourth-order valence-corrected chi connectivity index (χ4v) is 2.94. The average Bonchev–Trinajstić information content (AvgIpc) is 2.25. The van der Waals surface area contributed by atoms with E-state index in [0.29, 0.717) is 6.04 Å². The van der Waals surface area contributed by atoms with Crippen molar-refractivity contribution in [1.82, 2.24) is 10.2 Å². The van der Waals surface area contributed by atoms with E-state index in [1.54, 1.807) is 0 Å². The van der Waals surface area contributed by atoms with Crippen LogP contribution < -0.4 is 5.32 Å². The maximum Gasteiger partial charge on any atom is 0.0218 e. The quantitative estimate of drug-likeness (QED) is 0.795. The van der Waals surface area contributed by atoms with Crippen LogP contribution in [0.2, 0.25) is 0 Å². The second kappa shape index (κ2) is 6.75. The van der Waals surface area contributed by atoms with Gasteiger partial charge in [-0.3, -0.25) is 0 Å². The zero-order chi connectivity index (χ0) is 13.0. The number of nitrogens with zero attached hydrogens (tertiary/aromatic N) is 1. The summed E-state index contributed by atoms with van der Waals surface area (Å²) in [5.41, 5.74) is 0. The van der Waals surface area contributed by atoms with Crippen molar-refractivity contribution in [2.24, 2.45) is 23.7 Å². The third kappa shape index (κ3) is 4.59. The van der Waals surface area contributed by atoms with Crippen molar-refractivity contribution in [2.75, 3.05) is 26.2 Å². The second-order valence-corrected chi connectivity index (χ2v) is 6.72. The van der Waals surface area contributed by atoms with Gasteiger partial charge in [0.1, 0.15) is 0 Å². The van der Waals surface area contributed by atoms with Crippen LogP contribution in [0.4, 0.5) is 0 Å². The van der Waals surface area contributed by atoms with E-state index in [9.17, 15) is 0 Å². The van der Waals surface area contributed by atoms with Gasteiger partial charge >= 0.3 is 0 Å². The van der Waals surface area contributed by atoms with E-state index in [2.05, 4.69) is 51.8 Å². The molecule has 102 valence electrons. The molecule has 1 N–H and O–H groups in total. The third-order valence-electron chi connectivity index (χ3n) is 4.28. The first-order valence-electron chi connectivity index (χ1n) is 7.37. The molecule has 0 bridgehead atoms. The van der Waals surface area contributed by atoms with E-state index in [1.165, 1.54) is 19.6 Å². The molecule has 1 rings (SSSR count). The zero-order valence-electron chi connectivity index (χ0n) is 12.7. The van der Waals surface area contributed by atoms with Crippen LogP contribution in [-0.2, 0) is 0 Å². The molecule has 1 heterocycles. The van der Waals surface area contributed by atoms with Crippen molar-refractivity contribution in [3.63, 3.8) is 0 Å². The van der Waals surface area contributed by atoms with Gasteiger partial charge in [0.15, 0.2) is 0 Å². The lowest BCUT2D eigenvalue weighted by Gasteiger charge is -2.39. The largest absolute Gasteiger partial charge is 0.311 e. The van der Waals surface area contributed by atoms with Gasteiger partial charge in [0.05, 0.1) is 0 Å². The molecule has 0 aliphatic carbocycles. The molecular formula is C15H32N2. The van der Waals surface area contributed by atoms with Crippen LogP contribution in [0.25, 0.3) is 0 Å². The van der Waals surface area contributed by atoms with Gasteiger partial charge < -0.3 is 10.2 Å². The van der Waals surface area contributed by atoms with Crippen molar-refractivity contribution in [3.05, 3.63) is 0 Å². The van der Waals surface area contributed by atoms with Crippen LogP contribution in [0.1, 0.15) is 41.5 Å². The Hall–Kier alpha value is -0.0800. The third-order valence-corrected chi connectivity index (χ3v) is 4.28. The van der Waals surface area contributed by atoms with Crippen LogP contribution in [0.5, 0.6) is 0 Å². The molecule has 0 radical (unpaired) electrons. The maximum absolute atomic E-state index is 3.64. The van der Waals surface area contributed by atoms with Crippen LogP contribution >= 0.6 is 0 Å². The van der Waals surface area contributed by atoms with Crippen LogP contribution in [0.3, 0.4) is 0 Å². The predicted octanol–water partition coefficient (Wildman–Crippen LogP) is 2.84. The molecule has 2 heteroatoms. The van der Waals surface area contributed by atoms with Crippen LogP contribution in [0, 0.1) is 23.7 Å². The average molecular weight is 240 g/mol. The molecule has 1 fully saturated rings. The lowest BCUT2D eigenvalue weighted by atomic mass is 9.85. The highest BCUT2D eigenvalue weighted by Gasteiger charge is 2.26. The Balaban J connectivity index is 2.49. The molecule has 0 aromatic carbocycles. The lowest BCUT2D eigenvalue weighted by molar-refractivity contribution is 0.120. The molecule has 0 amide bonds. The van der Waals surface area contributed by atoms with E-state index < -0.39 is 0 Å². The number of nitrogens with one attached hydrogen (secondary N) is 1. The Morgan fingerprint density at radius 1 is 1.06 bits per heavy atom. The number of hydrogen-bond acceptors (Lipinski definition) is 2. The highest BCUT2D eigenvalue weighted by Crippen LogP contribution is 2.22. The van der Waals surface area contributed by atoms with Gasteiger partial charge in [0.25, 0.3) is 0 Å². The second-order valence-electron chi connectivity index (χ2n) is 6.72. The molecule has 0 aromatic rings. The van der Waals surface area contributed by atoms with Crippen LogP contribution in [0.15, 0.2) is 0 Å². The van der Waals surface area contributed by atoms with Crippen molar-refractivity contribution < 1.29 is 0 Å². The summed E-state index contributed by atoms with van der Waals surface area (Å²) >= 11 is 0. The first kappa shape index (κ1) is 15.0. The first-order chi connectivity index (χ1) is 7.91. The Bertz CT molecular complexity index is 203. The molecule has 1 aliphatic heterocycles. The van der Waals surface area contributed by atoms with Crippen molar-refractivity contribution in [1.29, 1.82) is 0 Å². The number of rotatable bonds is 5. The van der Waals surface area contributed by atoms with Crippen molar-refractivity contribution in [3.8, 4) is 0 Å². The first-order valence-corrected chi connectivity index (χ1v) is 7.37. The molecule has 1 aliphatic rings. The summed E-state index contributed by atoms with van der Waals surface area (Å²) in [6, 6.07) is 0.684. The summed E-state index contributed by atoms with van der Waals surface area (Å²) in [5.74, 6) is 3.17. The monoisotopic (exact) mass is 240 g/mol. The van der Waals surface area contributed by atoms with E-state index in [4.69, 9.17) is 0 Å². The molecule has 1 saturated heterocycles. The molecule has 1 atom stereocenters. The van der Waals surface area contributed by atoms with E-state index in [0.717, 1.165) is 30.2 Å². The molecule has 17 heavy (non-hydrogen) atoms. The normalized spacial score (nSPS) is 23.3. The van der Waals surface area contributed by atoms with Gasteiger partial charge in [-0.1, -0.05) is 41.5 Å². The van der Waals surface area contributed by atoms with Gasteiger partial charge in [0, 0.05) is 32.2 Å². The summed E-state index contributed by atoms with van der Waals surface area (Å²) in [7, 11) is 0. The minimum absolute atomic E-state index is 0.684. The van der Waals surface area contributed by atoms with E-state index >= 15 is 0 Å². The predicted molar refractivity (Wildman–Crippen MR) is 76.2 cm³/mol. The Morgan fingerprint density at radius 2 is 1.65 bits per heavy atom. The number of piperazine rings is 1. The molecule has 0 spiro atoms. The molecule has 1 unspecified atom stereocenters. The summed E-state index contributed by atoms with van der Waals surface area (Å²) in [6.45, 7) is 19.0. The smallest absolute Gasteiger partial charge is 0.0218 e. The van der Waals surface area contributed by atoms with Gasteiger partial charge in [-0.25, -0.2) is 0 Å². The van der Waals surface area contributed by atoms with Crippen molar-refractivity contribution in [2.45, 2.75) is 47.6 Å². The minimum atomic E-state index is 0.684. The highest BCUT2D eigenvalue weighted by atomic mass is 15.2. The molecular weight excluding hydrogens is 208 g/mol. The Kier molecular flexibility index (Phi) is 5.94. The summed E-state index contributed by atoms with van der Waals surface area (Å²) in [6.07, 6.45) is 0. The summed E-state index contributed by atoms with van der Waals surface area (Å²) in [4.78, 5) is 2.67. The van der Waals surface area contributed by atoms with Crippen molar-refractivity contribution >= 4 is 0 Å². The number of hydrogen-bond donors (Lipinski definition) is 1. The van der Waals surface area contributed by atoms with Gasteiger partial charge in [-0.05, 0) is 23.7 Å². The summed E-state index contributed by atoms with van der Waals surface area (Å²) in [5, 5.41) is 3.64. The van der Waals surface area contributed by atoms with Gasteiger partial charge in [-0.15, -0.1) is 0 Å². The molecule has 0 saturated carbocycles. The van der Waals surface area contributed by atoms with Crippen LogP contribution in [-0.4, -0.2) is 37.1 Å². The Labute approximate surface area is 108 Å². The fourth-order valence-electron chi connectivity index (χ4n) is 2.94. The molecule has 0 aromatic heterocycles. The molecule has 2 nitrogen and oxygen atoms in total. The standard InChI is InChI=1S/C15H32N2/c1-11(2)14(12(3)4)9-17-8-7-16-15(10-17)13(5)6/h11-16H,7-10H2,1-6H3. The highest BCUT2D eigenvalue weighted by molar-refractivity contribution is 4.83. The Morgan fingerprint density at radius 3 is 2.12 bits per heavy atom. The minimum Gasteiger partial charge on any atom is -0.311 e. The topological polar surface area (TPSA) is 15.3 Å².